The number of hydrazone groups is 1. The van der Waals surface area contributed by atoms with Crippen LogP contribution in [0.1, 0.15) is 12.5 Å². The molecule has 0 amide bonds. The van der Waals surface area contributed by atoms with Crippen molar-refractivity contribution < 1.29 is 0 Å². The van der Waals surface area contributed by atoms with Gasteiger partial charge in [-0.25, -0.2) is 4.98 Å². The maximum atomic E-state index is 5.91. The molecule has 25 heavy (non-hydrogen) atoms. The molecule has 3 rings (SSSR count). The summed E-state index contributed by atoms with van der Waals surface area (Å²) in [4.78, 5) is 8.80. The molecular formula is C18H20ClN5S. The highest BCUT2D eigenvalue weighted by Gasteiger charge is 2.19. The fraction of sp³-hybridized carbons (Fsp3) is 0.278. The van der Waals surface area contributed by atoms with E-state index >= 15 is 0 Å². The number of benzene rings is 1. The predicted molar refractivity (Wildman–Crippen MR) is 107 cm³/mol. The van der Waals surface area contributed by atoms with Crippen LogP contribution in [0, 0.1) is 0 Å². The van der Waals surface area contributed by atoms with E-state index < -0.39 is 0 Å². The number of thiocarbonyl (C=S) groups is 1. The summed E-state index contributed by atoms with van der Waals surface area (Å²) in [6, 6.07) is 13.6. The lowest BCUT2D eigenvalue weighted by molar-refractivity contribution is 0.380. The van der Waals surface area contributed by atoms with E-state index in [2.05, 4.69) is 25.3 Å². The van der Waals surface area contributed by atoms with Crippen molar-refractivity contribution in [2.45, 2.75) is 6.92 Å². The second kappa shape index (κ2) is 8.27. The normalized spacial score (nSPS) is 15.2. The van der Waals surface area contributed by atoms with Gasteiger partial charge in [-0.1, -0.05) is 29.8 Å². The number of nitrogens with one attached hydrogen (secondary N) is 1. The summed E-state index contributed by atoms with van der Waals surface area (Å²) in [6.45, 7) is 5.41. The SMILES string of the molecule is C/C(=N/NC(=S)N1CCN(c2ccccn2)CC1)c1ccc(Cl)cc1. The van der Waals surface area contributed by atoms with Crippen LogP contribution in [0.5, 0.6) is 0 Å². The molecule has 130 valence electrons. The van der Waals surface area contributed by atoms with Crippen molar-refractivity contribution in [2.75, 3.05) is 31.1 Å². The molecule has 5 nitrogen and oxygen atoms in total. The Morgan fingerprint density at radius 2 is 1.84 bits per heavy atom. The molecule has 2 heterocycles. The third-order valence-electron chi connectivity index (χ3n) is 4.12. The van der Waals surface area contributed by atoms with E-state index in [4.69, 9.17) is 23.8 Å². The Morgan fingerprint density at radius 3 is 2.48 bits per heavy atom. The molecule has 1 fully saturated rings. The molecule has 0 unspecified atom stereocenters. The Balaban J connectivity index is 1.52. The maximum absolute atomic E-state index is 5.91. The Bertz CT molecular complexity index is 740. The fourth-order valence-electron chi connectivity index (χ4n) is 2.64. The first-order valence-electron chi connectivity index (χ1n) is 8.14. The van der Waals surface area contributed by atoms with Crippen molar-refractivity contribution >= 4 is 40.5 Å². The van der Waals surface area contributed by atoms with Gasteiger partial charge < -0.3 is 9.80 Å². The second-order valence-corrected chi connectivity index (χ2v) is 6.61. The van der Waals surface area contributed by atoms with Gasteiger partial charge in [0, 0.05) is 37.4 Å². The first-order chi connectivity index (χ1) is 12.1. The van der Waals surface area contributed by atoms with E-state index in [1.165, 1.54) is 0 Å². The summed E-state index contributed by atoms with van der Waals surface area (Å²) in [5, 5.41) is 5.75. The van der Waals surface area contributed by atoms with Gasteiger partial charge in [-0.3, -0.25) is 5.43 Å². The molecule has 0 aliphatic carbocycles. The van der Waals surface area contributed by atoms with Crippen molar-refractivity contribution in [3.63, 3.8) is 0 Å². The van der Waals surface area contributed by atoms with Crippen molar-refractivity contribution in [3.05, 3.63) is 59.2 Å². The molecule has 1 N–H and O–H groups in total. The summed E-state index contributed by atoms with van der Waals surface area (Å²) in [5.74, 6) is 1.01. The largest absolute Gasteiger partial charge is 0.353 e. The van der Waals surface area contributed by atoms with Crippen molar-refractivity contribution in [2.24, 2.45) is 5.10 Å². The third-order valence-corrected chi connectivity index (χ3v) is 4.72. The Labute approximate surface area is 158 Å². The minimum atomic E-state index is 0.647. The highest BCUT2D eigenvalue weighted by molar-refractivity contribution is 7.80. The first kappa shape index (κ1) is 17.6. The number of aromatic nitrogens is 1. The van der Waals surface area contributed by atoms with Gasteiger partial charge in [-0.15, -0.1) is 0 Å². The third kappa shape index (κ3) is 4.67. The highest BCUT2D eigenvalue weighted by atomic mass is 35.5. The van der Waals surface area contributed by atoms with E-state index in [-0.39, 0.29) is 0 Å². The van der Waals surface area contributed by atoms with Crippen LogP contribution in [-0.4, -0.2) is 46.9 Å². The monoisotopic (exact) mass is 373 g/mol. The second-order valence-electron chi connectivity index (χ2n) is 5.78. The number of halogens is 1. The summed E-state index contributed by atoms with van der Waals surface area (Å²) >= 11 is 11.4. The van der Waals surface area contributed by atoms with Crippen LogP contribution in [0.4, 0.5) is 5.82 Å². The minimum Gasteiger partial charge on any atom is -0.353 e. The van der Waals surface area contributed by atoms with Gasteiger partial charge in [-0.2, -0.15) is 5.10 Å². The Hall–Kier alpha value is -2.18. The number of pyridine rings is 1. The van der Waals surface area contributed by atoms with Crippen molar-refractivity contribution in [3.8, 4) is 0 Å². The van der Waals surface area contributed by atoms with E-state index in [1.807, 2.05) is 55.6 Å². The van der Waals surface area contributed by atoms with Crippen LogP contribution in [0.15, 0.2) is 53.8 Å². The lowest BCUT2D eigenvalue weighted by atomic mass is 10.1. The van der Waals surface area contributed by atoms with Gasteiger partial charge in [0.15, 0.2) is 5.11 Å². The number of piperazine rings is 1. The molecule has 0 atom stereocenters. The summed E-state index contributed by atoms with van der Waals surface area (Å²) in [7, 11) is 0. The van der Waals surface area contributed by atoms with Crippen LogP contribution >= 0.6 is 23.8 Å². The van der Waals surface area contributed by atoms with Gasteiger partial charge in [0.05, 0.1) is 5.71 Å². The van der Waals surface area contributed by atoms with Crippen LogP contribution < -0.4 is 10.3 Å². The zero-order valence-corrected chi connectivity index (χ0v) is 15.6. The van der Waals surface area contributed by atoms with Gasteiger partial charge in [-0.05, 0) is 49.0 Å². The van der Waals surface area contributed by atoms with Crippen LogP contribution in [-0.2, 0) is 0 Å². The number of nitrogens with zero attached hydrogens (tertiary/aromatic N) is 4. The topological polar surface area (TPSA) is 43.8 Å². The van der Waals surface area contributed by atoms with Crippen molar-refractivity contribution in [1.29, 1.82) is 0 Å². The van der Waals surface area contributed by atoms with Gasteiger partial charge >= 0.3 is 0 Å². The van der Waals surface area contributed by atoms with Gasteiger partial charge in [0.2, 0.25) is 0 Å². The lowest BCUT2D eigenvalue weighted by Gasteiger charge is -2.36. The summed E-state index contributed by atoms with van der Waals surface area (Å²) in [5.41, 5.74) is 4.88. The van der Waals surface area contributed by atoms with Crippen LogP contribution in [0.2, 0.25) is 5.02 Å². The fourth-order valence-corrected chi connectivity index (χ4v) is 2.99. The highest BCUT2D eigenvalue weighted by Crippen LogP contribution is 2.13. The first-order valence-corrected chi connectivity index (χ1v) is 8.93. The average molecular weight is 374 g/mol. The molecule has 0 spiro atoms. The van der Waals surface area contributed by atoms with E-state index in [1.54, 1.807) is 0 Å². The van der Waals surface area contributed by atoms with E-state index in [9.17, 15) is 0 Å². The van der Waals surface area contributed by atoms with Crippen LogP contribution in [0.25, 0.3) is 0 Å². The Kier molecular flexibility index (Phi) is 5.83. The number of anilines is 1. The molecule has 2 aromatic rings. The maximum Gasteiger partial charge on any atom is 0.189 e. The molecule has 0 saturated carbocycles. The lowest BCUT2D eigenvalue weighted by Crippen LogP contribution is -2.51. The quantitative estimate of drug-likeness (QED) is 0.508. The molecule has 1 aromatic carbocycles. The Morgan fingerprint density at radius 1 is 1.12 bits per heavy atom. The number of rotatable bonds is 3. The zero-order valence-electron chi connectivity index (χ0n) is 14.0. The molecule has 1 saturated heterocycles. The minimum absolute atomic E-state index is 0.647. The van der Waals surface area contributed by atoms with E-state index in [0.717, 1.165) is 43.3 Å². The molecular weight excluding hydrogens is 354 g/mol. The average Bonchev–Trinajstić information content (AvgIpc) is 2.67. The number of hydrogen-bond donors (Lipinski definition) is 1. The molecule has 0 radical (unpaired) electrons. The van der Waals surface area contributed by atoms with Crippen molar-refractivity contribution in [1.82, 2.24) is 15.3 Å². The standard InChI is InChI=1S/C18H20ClN5S/c1-14(15-5-7-16(19)8-6-15)21-22-18(25)24-12-10-23(11-13-24)17-4-2-3-9-20-17/h2-9H,10-13H2,1H3,(H,22,25)/b21-14-. The smallest absolute Gasteiger partial charge is 0.189 e. The molecule has 7 heteroatoms. The molecule has 0 bridgehead atoms. The molecule has 1 aromatic heterocycles. The zero-order chi connectivity index (χ0) is 17.6. The molecule has 1 aliphatic heterocycles. The predicted octanol–water partition coefficient (Wildman–Crippen LogP) is 3.16. The summed E-state index contributed by atoms with van der Waals surface area (Å²) < 4.78 is 0. The molecule has 1 aliphatic rings. The van der Waals surface area contributed by atoms with Gasteiger partial charge in [0.1, 0.15) is 5.82 Å². The van der Waals surface area contributed by atoms with Crippen LogP contribution in [0.3, 0.4) is 0 Å². The van der Waals surface area contributed by atoms with E-state index in [0.29, 0.717) is 10.1 Å². The summed E-state index contributed by atoms with van der Waals surface area (Å²) in [6.07, 6.45) is 1.82. The van der Waals surface area contributed by atoms with Gasteiger partial charge in [0.25, 0.3) is 0 Å². The number of hydrogen-bond acceptors (Lipinski definition) is 4.